The number of benzene rings is 2. The number of ether oxygens (including phenoxy) is 3. The highest BCUT2D eigenvalue weighted by atomic mass is 16.7. The fourth-order valence-electron chi connectivity index (χ4n) is 3.52. The van der Waals surface area contributed by atoms with E-state index < -0.39 is 18.0 Å². The topological polar surface area (TPSA) is 94.2 Å². The molecule has 1 atom stereocenters. The largest absolute Gasteiger partial charge is 0.454 e. The van der Waals surface area contributed by atoms with Crippen LogP contribution < -0.4 is 14.8 Å². The average molecular weight is 410 g/mol. The third-order valence-electron chi connectivity index (χ3n) is 5.13. The van der Waals surface area contributed by atoms with Gasteiger partial charge in [-0.25, -0.2) is 0 Å². The van der Waals surface area contributed by atoms with Crippen molar-refractivity contribution in [2.75, 3.05) is 19.9 Å². The number of esters is 1. The zero-order valence-corrected chi connectivity index (χ0v) is 16.6. The van der Waals surface area contributed by atoms with Crippen LogP contribution in [0.5, 0.6) is 11.5 Å². The van der Waals surface area contributed by atoms with E-state index in [0.717, 1.165) is 12.0 Å². The molecule has 30 heavy (non-hydrogen) atoms. The lowest BCUT2D eigenvalue weighted by Gasteiger charge is -2.30. The van der Waals surface area contributed by atoms with Crippen LogP contribution in [0.3, 0.4) is 0 Å². The van der Waals surface area contributed by atoms with Gasteiger partial charge < -0.3 is 24.4 Å². The van der Waals surface area contributed by atoms with Crippen molar-refractivity contribution in [3.8, 4) is 11.5 Å². The van der Waals surface area contributed by atoms with Crippen molar-refractivity contribution in [3.63, 3.8) is 0 Å². The Bertz CT molecular complexity index is 989. The van der Waals surface area contributed by atoms with Crippen LogP contribution in [0.1, 0.15) is 28.4 Å². The van der Waals surface area contributed by atoms with Gasteiger partial charge in [-0.3, -0.25) is 14.4 Å². The zero-order chi connectivity index (χ0) is 21.1. The van der Waals surface area contributed by atoms with Crippen LogP contribution in [0.15, 0.2) is 42.5 Å². The molecular formula is C22H22N2O6. The normalized spacial score (nSPS) is 15.2. The number of nitrogens with zero attached hydrogens (tertiary/aromatic N) is 1. The minimum Gasteiger partial charge on any atom is -0.454 e. The molecule has 0 aliphatic carbocycles. The molecule has 2 amide bonds. The van der Waals surface area contributed by atoms with E-state index in [9.17, 15) is 14.4 Å². The van der Waals surface area contributed by atoms with E-state index >= 15 is 0 Å². The third-order valence-corrected chi connectivity index (χ3v) is 5.13. The number of hydrogen-bond acceptors (Lipinski definition) is 6. The predicted octanol–water partition coefficient (Wildman–Crippen LogP) is 1.66. The van der Waals surface area contributed by atoms with E-state index in [0.29, 0.717) is 30.2 Å². The fraction of sp³-hybridized carbons (Fsp3) is 0.318. The second-order valence-electron chi connectivity index (χ2n) is 7.16. The Morgan fingerprint density at radius 1 is 1.10 bits per heavy atom. The molecule has 2 aliphatic heterocycles. The van der Waals surface area contributed by atoms with E-state index in [2.05, 4.69) is 11.4 Å². The number of nitrogens with one attached hydrogen (secondary N) is 1. The number of carbonyl (C=O) groups is 3. The second-order valence-corrected chi connectivity index (χ2v) is 7.16. The van der Waals surface area contributed by atoms with Crippen molar-refractivity contribution in [2.45, 2.75) is 26.0 Å². The molecule has 0 spiro atoms. The van der Waals surface area contributed by atoms with Gasteiger partial charge in [0, 0.05) is 18.7 Å². The van der Waals surface area contributed by atoms with E-state index in [-0.39, 0.29) is 19.2 Å². The molecule has 0 saturated carbocycles. The molecule has 4 rings (SSSR count). The molecule has 8 heteroatoms. The summed E-state index contributed by atoms with van der Waals surface area (Å²) >= 11 is 0. The van der Waals surface area contributed by atoms with Crippen LogP contribution in [-0.4, -0.2) is 48.7 Å². The SMILES string of the molecule is C[C@@H](OC(=O)CNC(=O)c1ccc2c(c1)OCO2)C(=O)N1CCc2ccccc2C1. The van der Waals surface area contributed by atoms with Crippen LogP contribution >= 0.6 is 0 Å². The monoisotopic (exact) mass is 410 g/mol. The van der Waals surface area contributed by atoms with Gasteiger partial charge in [0.2, 0.25) is 6.79 Å². The maximum atomic E-state index is 12.6. The van der Waals surface area contributed by atoms with Crippen molar-refractivity contribution in [1.29, 1.82) is 0 Å². The number of hydrogen-bond donors (Lipinski definition) is 1. The van der Waals surface area contributed by atoms with Gasteiger partial charge in [0.05, 0.1) is 0 Å². The highest BCUT2D eigenvalue weighted by molar-refractivity contribution is 5.96. The Balaban J connectivity index is 1.26. The predicted molar refractivity (Wildman–Crippen MR) is 106 cm³/mol. The molecule has 8 nitrogen and oxygen atoms in total. The molecule has 0 unspecified atom stereocenters. The van der Waals surface area contributed by atoms with Crippen molar-refractivity contribution < 1.29 is 28.6 Å². The Kier molecular flexibility index (Phi) is 5.56. The van der Waals surface area contributed by atoms with Crippen LogP contribution in [0.4, 0.5) is 0 Å². The molecule has 2 heterocycles. The number of rotatable bonds is 5. The van der Waals surface area contributed by atoms with E-state index in [1.807, 2.05) is 18.2 Å². The first-order valence-electron chi connectivity index (χ1n) is 9.74. The quantitative estimate of drug-likeness (QED) is 0.754. The Hall–Kier alpha value is -3.55. The smallest absolute Gasteiger partial charge is 0.326 e. The Morgan fingerprint density at radius 3 is 2.70 bits per heavy atom. The number of carbonyl (C=O) groups excluding carboxylic acids is 3. The van der Waals surface area contributed by atoms with Crippen LogP contribution in [0.2, 0.25) is 0 Å². The first kappa shape index (κ1) is 19.8. The maximum Gasteiger partial charge on any atom is 0.326 e. The van der Waals surface area contributed by atoms with E-state index in [1.54, 1.807) is 30.0 Å². The molecule has 0 aromatic heterocycles. The summed E-state index contributed by atoms with van der Waals surface area (Å²) < 4.78 is 15.7. The molecule has 2 aliphatic rings. The lowest BCUT2D eigenvalue weighted by Crippen LogP contribution is -2.43. The van der Waals surface area contributed by atoms with Crippen molar-refractivity contribution >= 4 is 17.8 Å². The fourth-order valence-corrected chi connectivity index (χ4v) is 3.52. The first-order chi connectivity index (χ1) is 14.5. The van der Waals surface area contributed by atoms with Gasteiger partial charge in [0.15, 0.2) is 17.6 Å². The average Bonchev–Trinajstić information content (AvgIpc) is 3.24. The summed E-state index contributed by atoms with van der Waals surface area (Å²) in [5.41, 5.74) is 2.67. The molecule has 1 N–H and O–H groups in total. The van der Waals surface area contributed by atoms with Gasteiger partial charge in [-0.2, -0.15) is 0 Å². The molecular weight excluding hydrogens is 388 g/mol. The molecule has 0 fully saturated rings. The summed E-state index contributed by atoms with van der Waals surface area (Å²) in [5.74, 6) is -0.328. The minimum absolute atomic E-state index is 0.112. The van der Waals surface area contributed by atoms with Crippen LogP contribution in [0.25, 0.3) is 0 Å². The first-order valence-corrected chi connectivity index (χ1v) is 9.74. The number of fused-ring (bicyclic) bond motifs is 2. The van der Waals surface area contributed by atoms with Crippen LogP contribution in [-0.2, 0) is 27.3 Å². The van der Waals surface area contributed by atoms with Crippen LogP contribution in [0, 0.1) is 0 Å². The third kappa shape index (κ3) is 4.22. The molecule has 0 radical (unpaired) electrons. The molecule has 0 bridgehead atoms. The second kappa shape index (κ2) is 8.44. The summed E-state index contributed by atoms with van der Waals surface area (Å²) in [6.07, 6.45) is -0.154. The van der Waals surface area contributed by atoms with Gasteiger partial charge in [-0.05, 0) is 42.7 Å². The summed E-state index contributed by atoms with van der Waals surface area (Å²) in [6.45, 7) is 2.39. The van der Waals surface area contributed by atoms with Gasteiger partial charge in [0.1, 0.15) is 6.54 Å². The van der Waals surface area contributed by atoms with E-state index in [4.69, 9.17) is 14.2 Å². The van der Waals surface area contributed by atoms with Gasteiger partial charge >= 0.3 is 5.97 Å². The highest BCUT2D eigenvalue weighted by Crippen LogP contribution is 2.32. The van der Waals surface area contributed by atoms with Crippen molar-refractivity contribution in [3.05, 3.63) is 59.2 Å². The molecule has 2 aromatic carbocycles. The summed E-state index contributed by atoms with van der Waals surface area (Å²) in [5, 5.41) is 2.49. The molecule has 156 valence electrons. The molecule has 0 saturated heterocycles. The van der Waals surface area contributed by atoms with Gasteiger partial charge in [0.25, 0.3) is 11.8 Å². The number of amides is 2. The van der Waals surface area contributed by atoms with Gasteiger partial charge in [-0.1, -0.05) is 24.3 Å². The summed E-state index contributed by atoms with van der Waals surface area (Å²) in [7, 11) is 0. The van der Waals surface area contributed by atoms with Gasteiger partial charge in [-0.15, -0.1) is 0 Å². The van der Waals surface area contributed by atoms with Crippen molar-refractivity contribution in [2.24, 2.45) is 0 Å². The Labute approximate surface area is 173 Å². The lowest BCUT2D eigenvalue weighted by molar-refractivity contribution is -0.158. The zero-order valence-electron chi connectivity index (χ0n) is 16.6. The highest BCUT2D eigenvalue weighted by Gasteiger charge is 2.27. The standard InChI is InChI=1S/C22H22N2O6/c1-14(22(27)24-9-8-15-4-2-3-5-17(15)12-24)30-20(25)11-23-21(26)16-6-7-18-19(10-16)29-13-28-18/h2-7,10,14H,8-9,11-13H2,1H3,(H,23,26)/t14-/m1/s1. The lowest BCUT2D eigenvalue weighted by atomic mass is 9.99. The summed E-state index contributed by atoms with van der Waals surface area (Å²) in [4.78, 5) is 38.7. The minimum atomic E-state index is -0.926. The van der Waals surface area contributed by atoms with Crippen molar-refractivity contribution in [1.82, 2.24) is 10.2 Å². The summed E-state index contributed by atoms with van der Waals surface area (Å²) in [6, 6.07) is 12.7. The van der Waals surface area contributed by atoms with E-state index in [1.165, 1.54) is 5.56 Å². The molecule has 2 aromatic rings. The maximum absolute atomic E-state index is 12.6. The Morgan fingerprint density at radius 2 is 1.87 bits per heavy atom.